The lowest BCUT2D eigenvalue weighted by atomic mass is 10.1. The molecule has 2 aromatic rings. The number of benzene rings is 2. The molecule has 2 rings (SSSR count). The van der Waals surface area contributed by atoms with Crippen LogP contribution in [-0.4, -0.2) is 35.1 Å². The third-order valence-corrected chi connectivity index (χ3v) is 7.13. The summed E-state index contributed by atoms with van der Waals surface area (Å²) in [5.74, 6) is 0.780. The summed E-state index contributed by atoms with van der Waals surface area (Å²) in [5, 5.41) is 4.72. The SMILES string of the molecule is CC(C)CNC(=O)[C@@H](C)N(Cc1ccc(Cl)c(Cl)c1)C(=O)CSCc1ccc(Cl)c(Cl)c1. The minimum atomic E-state index is -0.638. The lowest BCUT2D eigenvalue weighted by molar-refractivity contribution is -0.138. The van der Waals surface area contributed by atoms with Crippen LogP contribution in [0.5, 0.6) is 0 Å². The molecule has 0 saturated heterocycles. The fraction of sp³-hybridized carbons (Fsp3) is 0.391. The number of hydrogen-bond acceptors (Lipinski definition) is 3. The van der Waals surface area contributed by atoms with Crippen molar-refractivity contribution in [3.8, 4) is 0 Å². The van der Waals surface area contributed by atoms with Crippen LogP contribution in [0, 0.1) is 5.92 Å². The van der Waals surface area contributed by atoms with Gasteiger partial charge < -0.3 is 10.2 Å². The van der Waals surface area contributed by atoms with Crippen LogP contribution in [0.2, 0.25) is 20.1 Å². The Balaban J connectivity index is 2.10. The molecule has 0 fully saturated rings. The maximum atomic E-state index is 13.1. The molecule has 0 aliphatic carbocycles. The summed E-state index contributed by atoms with van der Waals surface area (Å²) in [7, 11) is 0. The summed E-state index contributed by atoms with van der Waals surface area (Å²) < 4.78 is 0. The van der Waals surface area contributed by atoms with E-state index in [2.05, 4.69) is 5.32 Å². The van der Waals surface area contributed by atoms with Crippen LogP contribution in [0.25, 0.3) is 0 Å². The topological polar surface area (TPSA) is 49.4 Å². The summed E-state index contributed by atoms with van der Waals surface area (Å²) in [4.78, 5) is 27.4. The summed E-state index contributed by atoms with van der Waals surface area (Å²) in [6, 6.07) is 9.96. The predicted molar refractivity (Wildman–Crippen MR) is 137 cm³/mol. The van der Waals surface area contributed by atoms with E-state index in [-0.39, 0.29) is 24.1 Å². The van der Waals surface area contributed by atoms with Crippen LogP contribution in [0.3, 0.4) is 0 Å². The molecule has 2 amide bonds. The Morgan fingerprint density at radius 3 is 2.03 bits per heavy atom. The molecule has 0 bridgehead atoms. The molecule has 0 aromatic heterocycles. The van der Waals surface area contributed by atoms with Crippen molar-refractivity contribution in [3.05, 3.63) is 67.6 Å². The van der Waals surface area contributed by atoms with Gasteiger partial charge in [0.05, 0.1) is 25.8 Å². The highest BCUT2D eigenvalue weighted by molar-refractivity contribution is 7.99. The van der Waals surface area contributed by atoms with E-state index in [0.29, 0.717) is 38.3 Å². The first kappa shape index (κ1) is 27.1. The fourth-order valence-corrected chi connectivity index (χ4v) is 4.34. The molecular formula is C23H26Cl4N2O2S. The van der Waals surface area contributed by atoms with Crippen LogP contribution < -0.4 is 5.32 Å². The second kappa shape index (κ2) is 13.0. The smallest absolute Gasteiger partial charge is 0.242 e. The zero-order valence-electron chi connectivity index (χ0n) is 18.1. The Morgan fingerprint density at radius 1 is 0.906 bits per heavy atom. The first-order chi connectivity index (χ1) is 15.1. The van der Waals surface area contributed by atoms with Crippen LogP contribution >= 0.6 is 58.2 Å². The maximum absolute atomic E-state index is 13.1. The highest BCUT2D eigenvalue weighted by Crippen LogP contribution is 2.26. The highest BCUT2D eigenvalue weighted by Gasteiger charge is 2.26. The Hall–Kier alpha value is -1.11. The zero-order valence-corrected chi connectivity index (χ0v) is 22.0. The molecule has 9 heteroatoms. The van der Waals surface area contributed by atoms with Crippen LogP contribution in [0.4, 0.5) is 0 Å². The van der Waals surface area contributed by atoms with E-state index >= 15 is 0 Å². The molecule has 0 spiro atoms. The van der Waals surface area contributed by atoms with Gasteiger partial charge >= 0.3 is 0 Å². The average molecular weight is 536 g/mol. The van der Waals surface area contributed by atoms with E-state index in [1.807, 2.05) is 19.9 Å². The molecule has 0 aliphatic heterocycles. The van der Waals surface area contributed by atoms with Crippen LogP contribution in [0.15, 0.2) is 36.4 Å². The molecule has 0 radical (unpaired) electrons. The summed E-state index contributed by atoms with van der Waals surface area (Å²) in [5.41, 5.74) is 1.77. The van der Waals surface area contributed by atoms with E-state index in [0.717, 1.165) is 11.1 Å². The molecular weight excluding hydrogens is 510 g/mol. The molecule has 0 aliphatic rings. The number of thioether (sulfide) groups is 1. The number of amides is 2. The van der Waals surface area contributed by atoms with Crippen LogP contribution in [-0.2, 0) is 21.9 Å². The van der Waals surface area contributed by atoms with Crippen molar-refractivity contribution in [2.24, 2.45) is 5.92 Å². The Morgan fingerprint density at radius 2 is 1.47 bits per heavy atom. The molecule has 32 heavy (non-hydrogen) atoms. The standard InChI is InChI=1S/C23H26Cl4N2O2S/c1-14(2)10-28-23(31)15(3)29(11-16-4-6-18(24)20(26)8-16)22(30)13-32-12-17-5-7-19(25)21(27)9-17/h4-9,14-15H,10-13H2,1-3H3,(H,28,31)/t15-/m1/s1. The van der Waals surface area contributed by atoms with E-state index in [1.165, 1.54) is 11.8 Å². The highest BCUT2D eigenvalue weighted by atomic mass is 35.5. The second-order valence-electron chi connectivity index (χ2n) is 7.83. The number of hydrogen-bond donors (Lipinski definition) is 1. The van der Waals surface area contributed by atoms with Gasteiger partial charge in [0, 0.05) is 18.8 Å². The summed E-state index contributed by atoms with van der Waals surface area (Å²) >= 11 is 25.6. The largest absolute Gasteiger partial charge is 0.354 e. The predicted octanol–water partition coefficient (Wildman–Crippen LogP) is 6.72. The number of carbonyl (C=O) groups excluding carboxylic acids is 2. The average Bonchev–Trinajstić information content (AvgIpc) is 2.74. The van der Waals surface area contributed by atoms with E-state index in [4.69, 9.17) is 46.4 Å². The molecule has 0 heterocycles. The van der Waals surface area contributed by atoms with Crippen molar-refractivity contribution in [3.63, 3.8) is 0 Å². The van der Waals surface area contributed by atoms with Gasteiger partial charge in [0.15, 0.2) is 0 Å². The zero-order chi connectivity index (χ0) is 23.8. The Bertz CT molecular complexity index is 956. The maximum Gasteiger partial charge on any atom is 0.242 e. The van der Waals surface area contributed by atoms with Crippen molar-refractivity contribution in [2.75, 3.05) is 12.3 Å². The van der Waals surface area contributed by atoms with E-state index in [9.17, 15) is 9.59 Å². The van der Waals surface area contributed by atoms with Gasteiger partial charge in [0.1, 0.15) is 6.04 Å². The minimum absolute atomic E-state index is 0.145. The first-order valence-corrected chi connectivity index (χ1v) is 12.8. The quantitative estimate of drug-likeness (QED) is 0.367. The lowest BCUT2D eigenvalue weighted by Gasteiger charge is -2.29. The van der Waals surface area contributed by atoms with Crippen molar-refractivity contribution in [1.29, 1.82) is 0 Å². The number of halogens is 4. The van der Waals surface area contributed by atoms with Gasteiger partial charge in [-0.15, -0.1) is 11.8 Å². The lowest BCUT2D eigenvalue weighted by Crippen LogP contribution is -2.48. The summed E-state index contributed by atoms with van der Waals surface area (Å²) in [6.45, 7) is 6.56. The Labute approximate surface area is 213 Å². The fourth-order valence-electron chi connectivity index (χ4n) is 2.84. The number of nitrogens with one attached hydrogen (secondary N) is 1. The Kier molecular flexibility index (Phi) is 11.0. The minimum Gasteiger partial charge on any atom is -0.354 e. The van der Waals surface area contributed by atoms with Gasteiger partial charge in [-0.3, -0.25) is 9.59 Å². The van der Waals surface area contributed by atoms with Crippen LogP contribution in [0.1, 0.15) is 31.9 Å². The molecule has 2 aromatic carbocycles. The molecule has 0 unspecified atom stereocenters. The van der Waals surface area contributed by atoms with Gasteiger partial charge in [-0.1, -0.05) is 72.4 Å². The molecule has 1 N–H and O–H groups in total. The molecule has 0 saturated carbocycles. The summed E-state index contributed by atoms with van der Waals surface area (Å²) in [6.07, 6.45) is 0. The van der Waals surface area contributed by atoms with Gasteiger partial charge in [-0.05, 0) is 48.2 Å². The normalized spacial score (nSPS) is 12.0. The van der Waals surface area contributed by atoms with E-state index < -0.39 is 6.04 Å². The van der Waals surface area contributed by atoms with Gasteiger partial charge in [-0.2, -0.15) is 0 Å². The third kappa shape index (κ3) is 8.35. The van der Waals surface area contributed by atoms with Crippen molar-refractivity contribution in [1.82, 2.24) is 10.2 Å². The molecule has 4 nitrogen and oxygen atoms in total. The monoisotopic (exact) mass is 534 g/mol. The number of carbonyl (C=O) groups is 2. The van der Waals surface area contributed by atoms with Crippen molar-refractivity contribution >= 4 is 70.0 Å². The second-order valence-corrected chi connectivity index (χ2v) is 10.4. The number of nitrogens with zero attached hydrogens (tertiary/aromatic N) is 1. The molecule has 174 valence electrons. The van der Waals surface area contributed by atoms with Gasteiger partial charge in [0.25, 0.3) is 0 Å². The number of rotatable bonds is 10. The molecule has 1 atom stereocenters. The van der Waals surface area contributed by atoms with Crippen molar-refractivity contribution < 1.29 is 9.59 Å². The third-order valence-electron chi connectivity index (χ3n) is 4.67. The first-order valence-electron chi connectivity index (χ1n) is 10.1. The van der Waals surface area contributed by atoms with Gasteiger partial charge in [0.2, 0.25) is 11.8 Å². The van der Waals surface area contributed by atoms with E-state index in [1.54, 1.807) is 42.2 Å². The van der Waals surface area contributed by atoms with Crippen molar-refractivity contribution in [2.45, 2.75) is 39.1 Å². The van der Waals surface area contributed by atoms with Gasteiger partial charge in [-0.25, -0.2) is 0 Å².